The lowest BCUT2D eigenvalue weighted by Gasteiger charge is -2.15. The first-order valence-corrected chi connectivity index (χ1v) is 6.64. The molecule has 8 heteroatoms. The second-order valence-corrected chi connectivity index (χ2v) is 6.05. The van der Waals surface area contributed by atoms with E-state index in [0.717, 1.165) is 6.42 Å². The zero-order valence-corrected chi connectivity index (χ0v) is 11.4. The molecule has 1 atom stereocenters. The Morgan fingerprint density at radius 1 is 1.47 bits per heavy atom. The number of nitrogens with one attached hydrogen (secondary N) is 1. The van der Waals surface area contributed by atoms with Crippen molar-refractivity contribution in [3.8, 4) is 0 Å². The van der Waals surface area contributed by atoms with Gasteiger partial charge in [-0.2, -0.15) is 9.40 Å². The van der Waals surface area contributed by atoms with Crippen LogP contribution in [0.5, 0.6) is 0 Å². The van der Waals surface area contributed by atoms with E-state index in [0.29, 0.717) is 29.4 Å². The van der Waals surface area contributed by atoms with Crippen LogP contribution in [-0.4, -0.2) is 42.1 Å². The minimum absolute atomic E-state index is 0. The molecule has 1 aromatic heterocycles. The van der Waals surface area contributed by atoms with E-state index in [1.807, 2.05) is 0 Å². The monoisotopic (exact) mass is 280 g/mol. The fourth-order valence-electron chi connectivity index (χ4n) is 2.02. The highest BCUT2D eigenvalue weighted by Crippen LogP contribution is 2.24. The van der Waals surface area contributed by atoms with Gasteiger partial charge in [0.25, 0.3) is 0 Å². The van der Waals surface area contributed by atoms with E-state index in [1.54, 1.807) is 13.8 Å². The van der Waals surface area contributed by atoms with Crippen LogP contribution in [0.1, 0.15) is 17.8 Å². The molecule has 0 saturated carbocycles. The number of H-pyrrole nitrogens is 1. The number of hydrogen-bond acceptors (Lipinski definition) is 4. The molecule has 0 aliphatic carbocycles. The number of nitrogens with two attached hydrogens (primary N) is 1. The van der Waals surface area contributed by atoms with E-state index < -0.39 is 10.0 Å². The van der Waals surface area contributed by atoms with Crippen LogP contribution >= 0.6 is 12.4 Å². The van der Waals surface area contributed by atoms with Gasteiger partial charge in [-0.25, -0.2) is 8.42 Å². The van der Waals surface area contributed by atoms with Gasteiger partial charge in [0.05, 0.1) is 11.4 Å². The molecular formula is C9H17ClN4O2S. The van der Waals surface area contributed by atoms with Crippen molar-refractivity contribution in [3.63, 3.8) is 0 Å². The molecule has 17 heavy (non-hydrogen) atoms. The first-order valence-electron chi connectivity index (χ1n) is 5.20. The zero-order chi connectivity index (χ0) is 11.9. The van der Waals surface area contributed by atoms with Crippen molar-refractivity contribution in [2.75, 3.05) is 13.1 Å². The molecule has 0 amide bonds. The molecule has 1 fully saturated rings. The molecule has 1 aromatic rings. The summed E-state index contributed by atoms with van der Waals surface area (Å²) >= 11 is 0. The molecule has 2 heterocycles. The van der Waals surface area contributed by atoms with Gasteiger partial charge in [-0.15, -0.1) is 12.4 Å². The van der Waals surface area contributed by atoms with Gasteiger partial charge in [0.1, 0.15) is 4.90 Å². The minimum atomic E-state index is -3.43. The molecule has 0 unspecified atom stereocenters. The van der Waals surface area contributed by atoms with E-state index in [2.05, 4.69) is 10.2 Å². The van der Waals surface area contributed by atoms with Gasteiger partial charge in [-0.05, 0) is 20.3 Å². The Morgan fingerprint density at radius 3 is 2.53 bits per heavy atom. The maximum absolute atomic E-state index is 12.3. The van der Waals surface area contributed by atoms with E-state index in [1.165, 1.54) is 4.31 Å². The van der Waals surface area contributed by atoms with Crippen LogP contribution in [0.25, 0.3) is 0 Å². The van der Waals surface area contributed by atoms with E-state index in [4.69, 9.17) is 5.73 Å². The molecule has 98 valence electrons. The molecule has 6 nitrogen and oxygen atoms in total. The SMILES string of the molecule is Cc1n[nH]c(C)c1S(=O)(=O)N1CC[C@@H](N)C1.Cl. The van der Waals surface area contributed by atoms with Crippen LogP contribution in [0.2, 0.25) is 0 Å². The number of nitrogens with zero attached hydrogens (tertiary/aromatic N) is 2. The van der Waals surface area contributed by atoms with Crippen LogP contribution < -0.4 is 5.73 Å². The predicted octanol–water partition coefficient (Wildman–Crippen LogP) is 0.170. The van der Waals surface area contributed by atoms with Crippen LogP contribution in [-0.2, 0) is 10.0 Å². The summed E-state index contributed by atoms with van der Waals surface area (Å²) in [5, 5.41) is 6.60. The Kier molecular flexibility index (Phi) is 4.19. The molecule has 0 bridgehead atoms. The van der Waals surface area contributed by atoms with Gasteiger partial charge in [0, 0.05) is 19.1 Å². The average Bonchev–Trinajstić information content (AvgIpc) is 2.74. The van der Waals surface area contributed by atoms with E-state index in [9.17, 15) is 8.42 Å². The lowest BCUT2D eigenvalue weighted by molar-refractivity contribution is 0.471. The van der Waals surface area contributed by atoms with Crippen molar-refractivity contribution in [1.29, 1.82) is 0 Å². The largest absolute Gasteiger partial charge is 0.326 e. The molecule has 3 N–H and O–H groups in total. The van der Waals surface area contributed by atoms with Gasteiger partial charge in [0.2, 0.25) is 10.0 Å². The van der Waals surface area contributed by atoms with Crippen LogP contribution in [0, 0.1) is 13.8 Å². The fourth-order valence-corrected chi connectivity index (χ4v) is 3.87. The van der Waals surface area contributed by atoms with Crippen molar-refractivity contribution in [2.24, 2.45) is 5.73 Å². The molecule has 1 saturated heterocycles. The topological polar surface area (TPSA) is 92.1 Å². The summed E-state index contributed by atoms with van der Waals surface area (Å²) in [5.74, 6) is 0. The van der Waals surface area contributed by atoms with E-state index >= 15 is 0 Å². The number of rotatable bonds is 2. The Labute approximate surface area is 107 Å². The number of sulfonamides is 1. The number of hydrogen-bond donors (Lipinski definition) is 2. The van der Waals surface area contributed by atoms with Gasteiger partial charge >= 0.3 is 0 Å². The highest BCUT2D eigenvalue weighted by Gasteiger charge is 2.33. The first-order chi connectivity index (χ1) is 7.43. The molecule has 0 radical (unpaired) electrons. The summed E-state index contributed by atoms with van der Waals surface area (Å²) in [6.45, 7) is 4.29. The third-order valence-corrected chi connectivity index (χ3v) is 4.97. The standard InChI is InChI=1S/C9H16N4O2S.ClH/c1-6-9(7(2)12-11-6)16(14,15)13-4-3-8(10)5-13;/h8H,3-5,10H2,1-2H3,(H,11,12);1H/t8-;/m1./s1. The summed E-state index contributed by atoms with van der Waals surface area (Å²) in [5.41, 5.74) is 6.82. The third kappa shape index (κ3) is 2.47. The second-order valence-electron chi connectivity index (χ2n) is 4.17. The smallest absolute Gasteiger partial charge is 0.246 e. The molecular weight excluding hydrogens is 264 g/mol. The summed E-state index contributed by atoms with van der Waals surface area (Å²) in [4.78, 5) is 0.293. The predicted molar refractivity (Wildman–Crippen MR) is 66.7 cm³/mol. The summed E-state index contributed by atoms with van der Waals surface area (Å²) < 4.78 is 26.0. The van der Waals surface area contributed by atoms with Gasteiger partial charge in [-0.3, -0.25) is 5.10 Å². The van der Waals surface area contributed by atoms with Crippen molar-refractivity contribution in [1.82, 2.24) is 14.5 Å². The second kappa shape index (κ2) is 4.93. The molecule has 2 rings (SSSR count). The Bertz CT molecular complexity index is 480. The van der Waals surface area contributed by atoms with Crippen molar-refractivity contribution in [3.05, 3.63) is 11.4 Å². The summed E-state index contributed by atoms with van der Waals surface area (Å²) in [6.07, 6.45) is 0.717. The highest BCUT2D eigenvalue weighted by molar-refractivity contribution is 7.89. The molecule has 1 aliphatic heterocycles. The van der Waals surface area contributed by atoms with Crippen molar-refractivity contribution >= 4 is 22.4 Å². The maximum atomic E-state index is 12.3. The van der Waals surface area contributed by atoms with Crippen molar-refractivity contribution < 1.29 is 8.42 Å². The van der Waals surface area contributed by atoms with E-state index in [-0.39, 0.29) is 18.4 Å². The van der Waals surface area contributed by atoms with Crippen molar-refractivity contribution in [2.45, 2.75) is 31.2 Å². The Balaban J connectivity index is 0.00000144. The van der Waals surface area contributed by atoms with Gasteiger partial charge in [0.15, 0.2) is 0 Å². The number of aromatic amines is 1. The molecule has 0 aromatic carbocycles. The maximum Gasteiger partial charge on any atom is 0.246 e. The normalized spacial score (nSPS) is 21.5. The van der Waals surface area contributed by atoms with Gasteiger partial charge < -0.3 is 5.73 Å². The summed E-state index contributed by atoms with van der Waals surface area (Å²) in [7, 11) is -3.43. The minimum Gasteiger partial charge on any atom is -0.326 e. The fraction of sp³-hybridized carbons (Fsp3) is 0.667. The number of halogens is 1. The first kappa shape index (κ1) is 14.4. The lowest BCUT2D eigenvalue weighted by atomic mass is 10.3. The highest BCUT2D eigenvalue weighted by atomic mass is 35.5. The Morgan fingerprint density at radius 2 is 2.12 bits per heavy atom. The van der Waals surface area contributed by atoms with Crippen LogP contribution in [0.3, 0.4) is 0 Å². The van der Waals surface area contributed by atoms with Crippen LogP contribution in [0.4, 0.5) is 0 Å². The zero-order valence-electron chi connectivity index (χ0n) is 9.80. The quantitative estimate of drug-likeness (QED) is 0.808. The number of aromatic nitrogens is 2. The van der Waals surface area contributed by atoms with Gasteiger partial charge in [-0.1, -0.05) is 0 Å². The summed E-state index contributed by atoms with van der Waals surface area (Å²) in [6, 6.07) is -0.0534. The van der Waals surface area contributed by atoms with Crippen LogP contribution in [0.15, 0.2) is 4.90 Å². The lowest BCUT2D eigenvalue weighted by Crippen LogP contribution is -2.32. The average molecular weight is 281 g/mol. The molecule has 1 aliphatic rings. The number of aryl methyl sites for hydroxylation is 2. The molecule has 0 spiro atoms. The Hall–Kier alpha value is -0.630. The third-order valence-electron chi connectivity index (χ3n) is 2.85.